The van der Waals surface area contributed by atoms with Gasteiger partial charge in [0.15, 0.2) is 5.13 Å². The molecule has 1 fully saturated rings. The van der Waals surface area contributed by atoms with Gasteiger partial charge in [-0.05, 0) is 38.8 Å². The standard InChI is InChI=1S/C14H16N2S/c1-9-5-10(2)7-11(6-9)13-8-17-14(16-13)15-12-3-4-12/h5-8,12H,3-4H2,1-2H3,(H,15,16). The molecule has 0 saturated heterocycles. The summed E-state index contributed by atoms with van der Waals surface area (Å²) in [7, 11) is 0. The van der Waals surface area contributed by atoms with E-state index in [0.717, 1.165) is 10.8 Å². The monoisotopic (exact) mass is 244 g/mol. The van der Waals surface area contributed by atoms with Crippen LogP contribution in [0.1, 0.15) is 24.0 Å². The lowest BCUT2D eigenvalue weighted by molar-refractivity contribution is 1.14. The van der Waals surface area contributed by atoms with Crippen molar-refractivity contribution in [2.24, 2.45) is 0 Å². The highest BCUT2D eigenvalue weighted by Gasteiger charge is 2.22. The van der Waals surface area contributed by atoms with E-state index in [1.807, 2.05) is 0 Å². The maximum atomic E-state index is 4.65. The van der Waals surface area contributed by atoms with Crippen LogP contribution in [0.3, 0.4) is 0 Å². The highest BCUT2D eigenvalue weighted by Crippen LogP contribution is 2.30. The van der Waals surface area contributed by atoms with Crippen LogP contribution < -0.4 is 5.32 Å². The minimum atomic E-state index is 0.674. The number of nitrogens with one attached hydrogen (secondary N) is 1. The van der Waals surface area contributed by atoms with Crippen molar-refractivity contribution in [2.45, 2.75) is 32.7 Å². The van der Waals surface area contributed by atoms with Gasteiger partial charge in [0.2, 0.25) is 0 Å². The van der Waals surface area contributed by atoms with E-state index in [4.69, 9.17) is 0 Å². The van der Waals surface area contributed by atoms with Crippen LogP contribution in [0.25, 0.3) is 11.3 Å². The van der Waals surface area contributed by atoms with Crippen molar-refractivity contribution in [3.05, 3.63) is 34.7 Å². The number of hydrogen-bond acceptors (Lipinski definition) is 3. The smallest absolute Gasteiger partial charge is 0.183 e. The average molecular weight is 244 g/mol. The van der Waals surface area contributed by atoms with Gasteiger partial charge in [-0.1, -0.05) is 17.2 Å². The molecular formula is C14H16N2S. The molecule has 0 bridgehead atoms. The molecule has 1 N–H and O–H groups in total. The van der Waals surface area contributed by atoms with Gasteiger partial charge in [0.1, 0.15) is 0 Å². The van der Waals surface area contributed by atoms with Crippen molar-refractivity contribution >= 4 is 16.5 Å². The van der Waals surface area contributed by atoms with Crippen LogP contribution in [0, 0.1) is 13.8 Å². The Labute approximate surface area is 106 Å². The lowest BCUT2D eigenvalue weighted by Gasteiger charge is -2.02. The summed E-state index contributed by atoms with van der Waals surface area (Å²) < 4.78 is 0. The molecule has 17 heavy (non-hydrogen) atoms. The van der Waals surface area contributed by atoms with Crippen molar-refractivity contribution in [1.82, 2.24) is 4.98 Å². The summed E-state index contributed by atoms with van der Waals surface area (Å²) in [5.74, 6) is 0. The van der Waals surface area contributed by atoms with Gasteiger partial charge in [-0.3, -0.25) is 0 Å². The van der Waals surface area contributed by atoms with Crippen LogP contribution in [0.15, 0.2) is 23.6 Å². The predicted molar refractivity (Wildman–Crippen MR) is 73.7 cm³/mol. The van der Waals surface area contributed by atoms with Crippen molar-refractivity contribution in [2.75, 3.05) is 5.32 Å². The molecule has 1 aliphatic rings. The maximum absolute atomic E-state index is 4.65. The first kappa shape index (κ1) is 10.8. The molecule has 0 aliphatic heterocycles. The molecular weight excluding hydrogens is 228 g/mol. The van der Waals surface area contributed by atoms with Gasteiger partial charge in [-0.25, -0.2) is 4.98 Å². The van der Waals surface area contributed by atoms with Crippen LogP contribution >= 0.6 is 11.3 Å². The minimum Gasteiger partial charge on any atom is -0.359 e. The summed E-state index contributed by atoms with van der Waals surface area (Å²) in [4.78, 5) is 4.65. The second-order valence-electron chi connectivity index (χ2n) is 4.83. The van der Waals surface area contributed by atoms with Crippen LogP contribution in [-0.4, -0.2) is 11.0 Å². The van der Waals surface area contributed by atoms with Gasteiger partial charge < -0.3 is 5.32 Å². The van der Waals surface area contributed by atoms with E-state index < -0.39 is 0 Å². The predicted octanol–water partition coefficient (Wildman–Crippen LogP) is 4.00. The summed E-state index contributed by atoms with van der Waals surface area (Å²) in [5.41, 5.74) is 4.90. The third-order valence-electron chi connectivity index (χ3n) is 2.93. The molecule has 0 radical (unpaired) electrons. The quantitative estimate of drug-likeness (QED) is 0.882. The van der Waals surface area contributed by atoms with Gasteiger partial charge in [0.05, 0.1) is 5.69 Å². The molecule has 0 amide bonds. The fraction of sp³-hybridized carbons (Fsp3) is 0.357. The Bertz CT molecular complexity index is 521. The Morgan fingerprint density at radius 1 is 1.18 bits per heavy atom. The zero-order valence-corrected chi connectivity index (χ0v) is 11.0. The fourth-order valence-electron chi connectivity index (χ4n) is 2.00. The number of aryl methyl sites for hydroxylation is 2. The number of nitrogens with zero attached hydrogens (tertiary/aromatic N) is 1. The summed E-state index contributed by atoms with van der Waals surface area (Å²) in [6, 6.07) is 7.26. The lowest BCUT2D eigenvalue weighted by atomic mass is 10.1. The Hall–Kier alpha value is -1.35. The molecule has 0 unspecified atom stereocenters. The highest BCUT2D eigenvalue weighted by atomic mass is 32.1. The largest absolute Gasteiger partial charge is 0.359 e. The third kappa shape index (κ3) is 2.50. The van der Waals surface area contributed by atoms with Crippen LogP contribution in [0.4, 0.5) is 5.13 Å². The molecule has 1 saturated carbocycles. The Balaban J connectivity index is 1.88. The molecule has 1 aromatic heterocycles. The summed E-state index contributed by atoms with van der Waals surface area (Å²) in [5, 5.41) is 6.64. The number of anilines is 1. The second-order valence-corrected chi connectivity index (χ2v) is 5.69. The molecule has 1 aromatic carbocycles. The first-order valence-electron chi connectivity index (χ1n) is 6.01. The van der Waals surface area contributed by atoms with Gasteiger partial charge in [0, 0.05) is 17.0 Å². The van der Waals surface area contributed by atoms with Crippen LogP contribution in [-0.2, 0) is 0 Å². The molecule has 0 atom stereocenters. The number of aromatic nitrogens is 1. The van der Waals surface area contributed by atoms with Crippen LogP contribution in [0.2, 0.25) is 0 Å². The molecule has 1 heterocycles. The number of rotatable bonds is 3. The summed E-state index contributed by atoms with van der Waals surface area (Å²) in [6.45, 7) is 4.26. The van der Waals surface area contributed by atoms with E-state index in [9.17, 15) is 0 Å². The van der Waals surface area contributed by atoms with E-state index in [2.05, 4.69) is 47.7 Å². The number of benzene rings is 1. The van der Waals surface area contributed by atoms with Crippen LogP contribution in [0.5, 0.6) is 0 Å². The van der Waals surface area contributed by atoms with E-state index in [1.165, 1.54) is 29.5 Å². The molecule has 2 nitrogen and oxygen atoms in total. The van der Waals surface area contributed by atoms with Gasteiger partial charge in [-0.2, -0.15) is 0 Å². The van der Waals surface area contributed by atoms with E-state index >= 15 is 0 Å². The fourth-order valence-corrected chi connectivity index (χ4v) is 2.80. The maximum Gasteiger partial charge on any atom is 0.183 e. The zero-order chi connectivity index (χ0) is 11.8. The van der Waals surface area contributed by atoms with Crippen molar-refractivity contribution in [3.63, 3.8) is 0 Å². The second kappa shape index (κ2) is 4.15. The zero-order valence-electron chi connectivity index (χ0n) is 10.2. The summed E-state index contributed by atoms with van der Waals surface area (Å²) >= 11 is 1.70. The third-order valence-corrected chi connectivity index (χ3v) is 3.70. The van der Waals surface area contributed by atoms with Gasteiger partial charge >= 0.3 is 0 Å². The summed E-state index contributed by atoms with van der Waals surface area (Å²) in [6.07, 6.45) is 2.58. The molecule has 3 heteroatoms. The van der Waals surface area contributed by atoms with Crippen molar-refractivity contribution < 1.29 is 0 Å². The first-order chi connectivity index (χ1) is 8.20. The average Bonchev–Trinajstić information content (AvgIpc) is 2.93. The Kier molecular flexibility index (Phi) is 2.63. The van der Waals surface area contributed by atoms with E-state index in [0.29, 0.717) is 6.04 Å². The highest BCUT2D eigenvalue weighted by molar-refractivity contribution is 7.14. The lowest BCUT2D eigenvalue weighted by Crippen LogP contribution is -1.99. The number of hydrogen-bond donors (Lipinski definition) is 1. The van der Waals surface area contributed by atoms with Gasteiger partial charge in [0.25, 0.3) is 0 Å². The molecule has 3 rings (SSSR count). The van der Waals surface area contributed by atoms with Crippen molar-refractivity contribution in [3.8, 4) is 11.3 Å². The molecule has 1 aliphatic carbocycles. The molecule has 2 aromatic rings. The normalized spacial score (nSPS) is 14.9. The van der Waals surface area contributed by atoms with E-state index in [1.54, 1.807) is 11.3 Å². The topological polar surface area (TPSA) is 24.9 Å². The SMILES string of the molecule is Cc1cc(C)cc(-c2csc(NC3CC3)n2)c1. The van der Waals surface area contributed by atoms with Gasteiger partial charge in [-0.15, -0.1) is 11.3 Å². The first-order valence-corrected chi connectivity index (χ1v) is 6.89. The van der Waals surface area contributed by atoms with E-state index in [-0.39, 0.29) is 0 Å². The van der Waals surface area contributed by atoms with Crippen molar-refractivity contribution in [1.29, 1.82) is 0 Å². The molecule has 0 spiro atoms. The minimum absolute atomic E-state index is 0.674. The number of thiazole rings is 1. The Morgan fingerprint density at radius 2 is 1.88 bits per heavy atom. The Morgan fingerprint density at radius 3 is 2.53 bits per heavy atom. The molecule has 88 valence electrons.